The van der Waals surface area contributed by atoms with Gasteiger partial charge >= 0.3 is 0 Å². The third-order valence-electron chi connectivity index (χ3n) is 4.35. The molecule has 0 saturated heterocycles. The third-order valence-corrected chi connectivity index (χ3v) is 5.78. The number of carbonyl (C=O) groups is 1. The van der Waals surface area contributed by atoms with Crippen molar-refractivity contribution in [3.63, 3.8) is 0 Å². The molecule has 12 heteroatoms. The minimum Gasteiger partial charge on any atom is -0.493 e. The molecule has 0 fully saturated rings. The lowest BCUT2D eigenvalue weighted by Gasteiger charge is -2.10. The van der Waals surface area contributed by atoms with E-state index in [1.54, 1.807) is 38.5 Å². The highest BCUT2D eigenvalue weighted by atomic mass is 32.2. The number of rotatable bonds is 11. The van der Waals surface area contributed by atoms with Gasteiger partial charge in [0.25, 0.3) is 5.22 Å². The molecule has 0 spiro atoms. The molecule has 1 amide bonds. The first kappa shape index (κ1) is 24.4. The predicted octanol–water partition coefficient (Wildman–Crippen LogP) is 2.58. The molecule has 2 N–H and O–H groups in total. The number of hydrogen-bond donors (Lipinski definition) is 2. The van der Waals surface area contributed by atoms with Gasteiger partial charge in [-0.3, -0.25) is 9.52 Å². The van der Waals surface area contributed by atoms with Crippen molar-refractivity contribution in [3.05, 3.63) is 48.0 Å². The van der Waals surface area contributed by atoms with Gasteiger partial charge in [-0.2, -0.15) is 0 Å². The van der Waals surface area contributed by atoms with Crippen LogP contribution in [0.5, 0.6) is 11.5 Å². The maximum absolute atomic E-state index is 12.1. The molecule has 3 rings (SSSR count). The minimum atomic E-state index is -3.35. The van der Waals surface area contributed by atoms with Crippen LogP contribution in [-0.4, -0.2) is 57.3 Å². The van der Waals surface area contributed by atoms with Crippen molar-refractivity contribution in [1.29, 1.82) is 0 Å². The molecule has 0 aliphatic heterocycles. The Balaban J connectivity index is 1.46. The van der Waals surface area contributed by atoms with Crippen LogP contribution in [0, 0.1) is 0 Å². The molecule has 0 unspecified atom stereocenters. The van der Waals surface area contributed by atoms with Crippen molar-refractivity contribution >= 4 is 33.4 Å². The summed E-state index contributed by atoms with van der Waals surface area (Å²) in [6.07, 6.45) is 1.72. The topological polar surface area (TPSA) is 133 Å². The van der Waals surface area contributed by atoms with Crippen molar-refractivity contribution in [3.8, 4) is 23.0 Å². The van der Waals surface area contributed by atoms with Gasteiger partial charge in [-0.25, -0.2) is 8.42 Å². The average molecular weight is 493 g/mol. The van der Waals surface area contributed by atoms with Gasteiger partial charge in [0.15, 0.2) is 11.5 Å². The zero-order valence-electron chi connectivity index (χ0n) is 18.3. The molecule has 0 aliphatic rings. The molecule has 3 aromatic rings. The van der Waals surface area contributed by atoms with Crippen LogP contribution in [0.1, 0.15) is 5.56 Å². The van der Waals surface area contributed by atoms with Gasteiger partial charge in [-0.15, -0.1) is 10.2 Å². The maximum Gasteiger partial charge on any atom is 0.277 e. The fraction of sp³-hybridized carbons (Fsp3) is 0.286. The molecule has 33 heavy (non-hydrogen) atoms. The van der Waals surface area contributed by atoms with Crippen LogP contribution in [0.25, 0.3) is 11.5 Å². The first-order valence-electron chi connectivity index (χ1n) is 9.79. The van der Waals surface area contributed by atoms with Crippen molar-refractivity contribution < 1.29 is 27.1 Å². The van der Waals surface area contributed by atoms with Crippen LogP contribution in [0.3, 0.4) is 0 Å². The van der Waals surface area contributed by atoms with Crippen molar-refractivity contribution in [2.45, 2.75) is 11.6 Å². The molecule has 0 radical (unpaired) electrons. The second kappa shape index (κ2) is 11.1. The highest BCUT2D eigenvalue weighted by molar-refractivity contribution is 7.99. The Bertz CT molecular complexity index is 1200. The van der Waals surface area contributed by atoms with E-state index in [9.17, 15) is 13.2 Å². The van der Waals surface area contributed by atoms with Gasteiger partial charge in [0.1, 0.15) is 0 Å². The van der Waals surface area contributed by atoms with Gasteiger partial charge in [-0.1, -0.05) is 17.8 Å². The van der Waals surface area contributed by atoms with Gasteiger partial charge in [0.05, 0.1) is 26.2 Å². The number of methoxy groups -OCH3 is 2. The molecule has 0 saturated carbocycles. The number of sulfonamides is 1. The second-order valence-electron chi connectivity index (χ2n) is 6.90. The van der Waals surface area contributed by atoms with E-state index in [1.807, 2.05) is 18.2 Å². The summed E-state index contributed by atoms with van der Waals surface area (Å²) in [6, 6.07) is 12.1. The Morgan fingerprint density at radius 1 is 1.06 bits per heavy atom. The first-order chi connectivity index (χ1) is 15.8. The quantitative estimate of drug-likeness (QED) is 0.388. The van der Waals surface area contributed by atoms with Gasteiger partial charge < -0.3 is 19.2 Å². The number of nitrogens with one attached hydrogen (secondary N) is 2. The number of carbonyl (C=O) groups excluding carboxylic acids is 1. The lowest BCUT2D eigenvalue weighted by molar-refractivity contribution is -0.118. The molecule has 10 nitrogen and oxygen atoms in total. The summed E-state index contributed by atoms with van der Waals surface area (Å²) in [5.41, 5.74) is 2.08. The zero-order chi connectivity index (χ0) is 23.8. The summed E-state index contributed by atoms with van der Waals surface area (Å²) < 4.78 is 41.0. The fourth-order valence-electron chi connectivity index (χ4n) is 2.84. The van der Waals surface area contributed by atoms with Crippen LogP contribution in [0.4, 0.5) is 5.69 Å². The molecule has 176 valence electrons. The van der Waals surface area contributed by atoms with Gasteiger partial charge in [-0.05, 0) is 48.4 Å². The van der Waals surface area contributed by atoms with Crippen LogP contribution in [-0.2, 0) is 21.2 Å². The number of thioether (sulfide) groups is 1. The van der Waals surface area contributed by atoms with Crippen molar-refractivity contribution in [2.24, 2.45) is 0 Å². The highest BCUT2D eigenvalue weighted by Gasteiger charge is 2.12. The number of nitrogens with zero attached hydrogens (tertiary/aromatic N) is 2. The van der Waals surface area contributed by atoms with E-state index in [-0.39, 0.29) is 22.8 Å². The molecule has 0 aliphatic carbocycles. The van der Waals surface area contributed by atoms with Crippen LogP contribution in [0.15, 0.2) is 52.1 Å². The Kier molecular flexibility index (Phi) is 8.17. The number of amides is 1. The molecular formula is C21H24N4O6S2. The summed E-state index contributed by atoms with van der Waals surface area (Å²) in [5, 5.41) is 11.0. The molecule has 1 aromatic heterocycles. The lowest BCUT2D eigenvalue weighted by Crippen LogP contribution is -2.27. The largest absolute Gasteiger partial charge is 0.493 e. The molecule has 0 atom stereocenters. The normalized spacial score (nSPS) is 11.1. The molecule has 2 aromatic carbocycles. The monoisotopic (exact) mass is 492 g/mol. The third kappa shape index (κ3) is 7.39. The Labute approximate surface area is 196 Å². The Morgan fingerprint density at radius 2 is 1.79 bits per heavy atom. The van der Waals surface area contributed by atoms with Crippen LogP contribution < -0.4 is 19.5 Å². The Hall–Kier alpha value is -3.25. The number of anilines is 1. The number of aromatic nitrogens is 2. The number of hydrogen-bond acceptors (Lipinski definition) is 9. The first-order valence-corrected chi connectivity index (χ1v) is 12.7. The minimum absolute atomic E-state index is 0.130. The molecule has 0 bridgehead atoms. The van der Waals surface area contributed by atoms with E-state index in [0.717, 1.165) is 23.6 Å². The smallest absolute Gasteiger partial charge is 0.277 e. The highest BCUT2D eigenvalue weighted by Crippen LogP contribution is 2.28. The van der Waals surface area contributed by atoms with Crippen LogP contribution >= 0.6 is 11.8 Å². The average Bonchev–Trinajstić information content (AvgIpc) is 3.26. The van der Waals surface area contributed by atoms with E-state index in [1.165, 1.54) is 0 Å². The summed E-state index contributed by atoms with van der Waals surface area (Å²) in [4.78, 5) is 12.1. The van der Waals surface area contributed by atoms with E-state index in [2.05, 4.69) is 20.2 Å². The second-order valence-corrected chi connectivity index (χ2v) is 9.58. The summed E-state index contributed by atoms with van der Waals surface area (Å²) in [5.74, 6) is 1.55. The maximum atomic E-state index is 12.1. The SMILES string of the molecule is COc1ccc(CCNC(=O)CSc2nnc(-c3ccc(NS(C)(=O)=O)cc3)o2)cc1OC. The van der Waals surface area contributed by atoms with E-state index in [4.69, 9.17) is 13.9 Å². The van der Waals surface area contributed by atoms with E-state index in [0.29, 0.717) is 35.7 Å². The molecular weight excluding hydrogens is 468 g/mol. The molecule has 1 heterocycles. The van der Waals surface area contributed by atoms with Gasteiger partial charge in [0, 0.05) is 17.8 Å². The van der Waals surface area contributed by atoms with E-state index < -0.39 is 10.0 Å². The van der Waals surface area contributed by atoms with Crippen molar-refractivity contribution in [1.82, 2.24) is 15.5 Å². The van der Waals surface area contributed by atoms with Crippen molar-refractivity contribution in [2.75, 3.05) is 37.5 Å². The number of ether oxygens (including phenoxy) is 2. The van der Waals surface area contributed by atoms with Crippen LogP contribution in [0.2, 0.25) is 0 Å². The zero-order valence-corrected chi connectivity index (χ0v) is 20.0. The fourth-order valence-corrected chi connectivity index (χ4v) is 4.00. The van der Waals surface area contributed by atoms with Gasteiger partial charge in [0.2, 0.25) is 21.8 Å². The lowest BCUT2D eigenvalue weighted by atomic mass is 10.1. The standard InChI is InChI=1S/C21H24N4O6S2/c1-29-17-9-4-14(12-18(17)30-2)10-11-22-19(26)13-32-21-24-23-20(31-21)15-5-7-16(8-6-15)25-33(3,27)28/h4-9,12,25H,10-11,13H2,1-3H3,(H,22,26). The predicted molar refractivity (Wildman–Crippen MR) is 125 cm³/mol. The Morgan fingerprint density at radius 3 is 2.45 bits per heavy atom. The van der Waals surface area contributed by atoms with E-state index >= 15 is 0 Å². The summed E-state index contributed by atoms with van der Waals surface area (Å²) >= 11 is 1.13. The summed E-state index contributed by atoms with van der Waals surface area (Å²) in [7, 11) is -0.190. The number of benzene rings is 2. The summed E-state index contributed by atoms with van der Waals surface area (Å²) in [6.45, 7) is 0.470.